The van der Waals surface area contributed by atoms with Crippen LogP contribution in [-0.2, 0) is 11.3 Å². The number of hydrogen-bond acceptors (Lipinski definition) is 4. The van der Waals surface area contributed by atoms with E-state index in [1.165, 1.54) is 0 Å². The lowest BCUT2D eigenvalue weighted by Gasteiger charge is -2.21. The van der Waals surface area contributed by atoms with Gasteiger partial charge in [-0.25, -0.2) is 0 Å². The molecule has 0 aromatic heterocycles. The first kappa shape index (κ1) is 13.2. The Kier molecular flexibility index (Phi) is 3.91. The molecule has 1 aromatic rings. The van der Waals surface area contributed by atoms with Gasteiger partial charge in [0.05, 0.1) is 26.8 Å². The molecule has 0 saturated carbocycles. The van der Waals surface area contributed by atoms with Crippen LogP contribution < -0.4 is 9.47 Å². The Morgan fingerprint density at radius 1 is 1.42 bits per heavy atom. The Labute approximate surface area is 112 Å². The molecule has 0 N–H and O–H groups in total. The molecule has 1 fully saturated rings. The zero-order valence-electron chi connectivity index (χ0n) is 11.0. The smallest absolute Gasteiger partial charge is 0.224 e. The third-order valence-electron chi connectivity index (χ3n) is 3.31. The number of carbonyl (C=O) groups is 1. The number of methoxy groups -OCH3 is 2. The third-order valence-corrected chi connectivity index (χ3v) is 3.31. The zero-order chi connectivity index (χ0) is 13.8. The summed E-state index contributed by atoms with van der Waals surface area (Å²) in [6, 6.07) is 7.26. The maximum absolute atomic E-state index is 11.8. The Hall–Kier alpha value is -2.22. The van der Waals surface area contributed by atoms with Crippen molar-refractivity contribution in [2.45, 2.75) is 25.4 Å². The normalized spacial score (nSPS) is 18.3. The Balaban J connectivity index is 2.26. The van der Waals surface area contributed by atoms with E-state index in [1.54, 1.807) is 31.3 Å². The van der Waals surface area contributed by atoms with E-state index in [2.05, 4.69) is 6.07 Å². The highest BCUT2D eigenvalue weighted by Crippen LogP contribution is 2.28. The quantitative estimate of drug-likeness (QED) is 0.827. The van der Waals surface area contributed by atoms with Gasteiger partial charge in [0.15, 0.2) is 0 Å². The second-order valence-electron chi connectivity index (χ2n) is 4.38. The van der Waals surface area contributed by atoms with Crippen molar-refractivity contribution in [2.24, 2.45) is 0 Å². The average molecular weight is 260 g/mol. The largest absolute Gasteiger partial charge is 0.497 e. The van der Waals surface area contributed by atoms with Gasteiger partial charge in [-0.05, 0) is 24.6 Å². The van der Waals surface area contributed by atoms with Crippen molar-refractivity contribution in [1.82, 2.24) is 4.90 Å². The Morgan fingerprint density at radius 3 is 2.84 bits per heavy atom. The molecule has 0 spiro atoms. The molecular weight excluding hydrogens is 244 g/mol. The minimum absolute atomic E-state index is 0.0106. The molecule has 19 heavy (non-hydrogen) atoms. The summed E-state index contributed by atoms with van der Waals surface area (Å²) < 4.78 is 10.5. The summed E-state index contributed by atoms with van der Waals surface area (Å²) in [6.07, 6.45) is 1.03. The first-order valence-corrected chi connectivity index (χ1v) is 6.09. The lowest BCUT2D eigenvalue weighted by molar-refractivity contribution is -0.128. The van der Waals surface area contributed by atoms with Gasteiger partial charge in [-0.15, -0.1) is 0 Å². The van der Waals surface area contributed by atoms with Crippen molar-refractivity contribution in [3.05, 3.63) is 23.8 Å². The van der Waals surface area contributed by atoms with Crippen molar-refractivity contribution in [3.63, 3.8) is 0 Å². The number of rotatable bonds is 4. The van der Waals surface area contributed by atoms with Crippen LogP contribution >= 0.6 is 0 Å². The topological polar surface area (TPSA) is 62.6 Å². The first-order chi connectivity index (χ1) is 9.19. The van der Waals surface area contributed by atoms with E-state index in [0.717, 1.165) is 5.56 Å². The van der Waals surface area contributed by atoms with E-state index < -0.39 is 0 Å². The van der Waals surface area contributed by atoms with Gasteiger partial charge in [0.25, 0.3) is 0 Å². The van der Waals surface area contributed by atoms with Crippen molar-refractivity contribution in [3.8, 4) is 17.6 Å². The van der Waals surface area contributed by atoms with Crippen LogP contribution in [0.1, 0.15) is 18.4 Å². The first-order valence-electron chi connectivity index (χ1n) is 6.09. The second-order valence-corrected chi connectivity index (χ2v) is 4.38. The van der Waals surface area contributed by atoms with Crippen molar-refractivity contribution >= 4 is 5.91 Å². The van der Waals surface area contributed by atoms with Gasteiger partial charge < -0.3 is 14.4 Å². The summed E-state index contributed by atoms with van der Waals surface area (Å²) in [7, 11) is 3.17. The van der Waals surface area contributed by atoms with E-state index in [4.69, 9.17) is 14.7 Å². The molecule has 1 atom stereocenters. The molecule has 0 radical (unpaired) electrons. The fourth-order valence-corrected chi connectivity index (χ4v) is 2.26. The number of carbonyl (C=O) groups excluding carboxylic acids is 1. The van der Waals surface area contributed by atoms with E-state index in [1.807, 2.05) is 6.07 Å². The van der Waals surface area contributed by atoms with Crippen LogP contribution in [0.4, 0.5) is 0 Å². The Bertz CT molecular complexity index is 522. The number of benzene rings is 1. The molecule has 1 amide bonds. The van der Waals surface area contributed by atoms with Gasteiger partial charge in [-0.1, -0.05) is 0 Å². The van der Waals surface area contributed by atoms with E-state index in [0.29, 0.717) is 30.9 Å². The lowest BCUT2D eigenvalue weighted by Crippen LogP contribution is -2.31. The average Bonchev–Trinajstić information content (AvgIpc) is 2.79. The molecule has 1 aliphatic rings. The van der Waals surface area contributed by atoms with Gasteiger partial charge in [-0.3, -0.25) is 4.79 Å². The van der Waals surface area contributed by atoms with Crippen LogP contribution in [0.15, 0.2) is 18.2 Å². The van der Waals surface area contributed by atoms with Crippen LogP contribution in [-0.4, -0.2) is 31.1 Å². The summed E-state index contributed by atoms with van der Waals surface area (Å²) in [6.45, 7) is 0.372. The number of hydrogen-bond donors (Lipinski definition) is 0. The van der Waals surface area contributed by atoms with Gasteiger partial charge in [-0.2, -0.15) is 5.26 Å². The summed E-state index contributed by atoms with van der Waals surface area (Å²) in [4.78, 5) is 13.4. The standard InChI is InChI=1S/C14H16N2O3/c1-18-12-4-5-13(19-2)10(7-12)9-16-11(8-15)3-6-14(16)17/h4-5,7,11H,3,6,9H2,1-2H3. The van der Waals surface area contributed by atoms with Crippen LogP contribution in [0.5, 0.6) is 11.5 Å². The monoisotopic (exact) mass is 260 g/mol. The second kappa shape index (κ2) is 5.61. The lowest BCUT2D eigenvalue weighted by atomic mass is 10.1. The van der Waals surface area contributed by atoms with E-state index in [-0.39, 0.29) is 11.9 Å². The van der Waals surface area contributed by atoms with E-state index in [9.17, 15) is 4.79 Å². The predicted octanol–water partition coefficient (Wildman–Crippen LogP) is 1.72. The minimum atomic E-state index is -0.344. The third kappa shape index (κ3) is 2.63. The molecular formula is C14H16N2O3. The van der Waals surface area contributed by atoms with Gasteiger partial charge >= 0.3 is 0 Å². The zero-order valence-corrected chi connectivity index (χ0v) is 11.0. The van der Waals surface area contributed by atoms with Crippen molar-refractivity contribution in [1.29, 1.82) is 5.26 Å². The SMILES string of the molecule is COc1ccc(OC)c(CN2C(=O)CCC2C#N)c1. The number of ether oxygens (including phenoxy) is 2. The fourth-order valence-electron chi connectivity index (χ4n) is 2.26. The summed E-state index contributed by atoms with van der Waals surface area (Å²) >= 11 is 0. The van der Waals surface area contributed by atoms with Crippen LogP contribution in [0, 0.1) is 11.3 Å². The fraction of sp³-hybridized carbons (Fsp3) is 0.429. The van der Waals surface area contributed by atoms with Gasteiger partial charge in [0, 0.05) is 12.0 Å². The van der Waals surface area contributed by atoms with Crippen LogP contribution in [0.3, 0.4) is 0 Å². The van der Waals surface area contributed by atoms with E-state index >= 15 is 0 Å². The molecule has 1 aromatic carbocycles. The van der Waals surface area contributed by atoms with Crippen LogP contribution in [0.2, 0.25) is 0 Å². The highest BCUT2D eigenvalue weighted by Gasteiger charge is 2.31. The molecule has 0 bridgehead atoms. The summed E-state index contributed by atoms with van der Waals surface area (Å²) in [5.74, 6) is 1.41. The molecule has 100 valence electrons. The summed E-state index contributed by atoms with van der Waals surface area (Å²) in [5, 5.41) is 9.06. The van der Waals surface area contributed by atoms with Gasteiger partial charge in [0.2, 0.25) is 5.91 Å². The maximum Gasteiger partial charge on any atom is 0.224 e. The molecule has 1 heterocycles. The van der Waals surface area contributed by atoms with Crippen LogP contribution in [0.25, 0.3) is 0 Å². The summed E-state index contributed by atoms with van der Waals surface area (Å²) in [5.41, 5.74) is 0.845. The maximum atomic E-state index is 11.8. The number of nitrogens with zero attached hydrogens (tertiary/aromatic N) is 2. The molecule has 0 aliphatic carbocycles. The molecule has 1 saturated heterocycles. The number of nitriles is 1. The molecule has 5 nitrogen and oxygen atoms in total. The van der Waals surface area contributed by atoms with Crippen molar-refractivity contribution in [2.75, 3.05) is 14.2 Å². The predicted molar refractivity (Wildman–Crippen MR) is 68.7 cm³/mol. The van der Waals surface area contributed by atoms with Crippen molar-refractivity contribution < 1.29 is 14.3 Å². The minimum Gasteiger partial charge on any atom is -0.497 e. The Morgan fingerprint density at radius 2 is 2.21 bits per heavy atom. The number of amides is 1. The highest BCUT2D eigenvalue weighted by atomic mass is 16.5. The molecule has 1 aliphatic heterocycles. The highest BCUT2D eigenvalue weighted by molar-refractivity contribution is 5.79. The van der Waals surface area contributed by atoms with Gasteiger partial charge in [0.1, 0.15) is 17.5 Å². The molecule has 2 rings (SSSR count). The molecule has 1 unspecified atom stereocenters. The number of likely N-dealkylation sites (tertiary alicyclic amines) is 1. The molecule has 5 heteroatoms.